The van der Waals surface area contributed by atoms with Crippen molar-refractivity contribution >= 4 is 22.1 Å². The highest BCUT2D eigenvalue weighted by molar-refractivity contribution is 7.18. The molecule has 0 unspecified atom stereocenters. The van der Waals surface area contributed by atoms with E-state index in [1.165, 1.54) is 69.1 Å². The summed E-state index contributed by atoms with van der Waals surface area (Å²) in [6, 6.07) is 16.7. The molecule has 1 aromatic heterocycles. The lowest BCUT2D eigenvalue weighted by Gasteiger charge is -2.08. The molecule has 2 N–H and O–H groups in total. The third-order valence-corrected chi connectivity index (χ3v) is 7.47. The van der Waals surface area contributed by atoms with E-state index in [1.54, 1.807) is 18.2 Å². The zero-order chi connectivity index (χ0) is 25.2. The predicted octanol–water partition coefficient (Wildman–Crippen LogP) is 8.74. The number of nitrogens with zero attached hydrogens (tertiary/aromatic N) is 2. The largest absolute Gasteiger partial charge is 0.508 e. The Balaban J connectivity index is 1.25. The first-order chi connectivity index (χ1) is 17.6. The van der Waals surface area contributed by atoms with Crippen LogP contribution >= 0.6 is 11.3 Å². The number of ether oxygens (including phenoxy) is 1. The van der Waals surface area contributed by atoms with E-state index in [0.29, 0.717) is 22.9 Å². The number of fused-ring (bicyclic) bond motifs is 1. The molecule has 4 rings (SSSR count). The Labute approximate surface area is 217 Å². The first-order valence-electron chi connectivity index (χ1n) is 13.2. The van der Waals surface area contributed by atoms with E-state index in [9.17, 15) is 10.2 Å². The van der Waals surface area contributed by atoms with Gasteiger partial charge < -0.3 is 14.9 Å². The number of aromatic hydroxyl groups is 2. The van der Waals surface area contributed by atoms with Crippen molar-refractivity contribution in [3.63, 3.8) is 0 Å². The highest BCUT2D eigenvalue weighted by Crippen LogP contribution is 2.37. The summed E-state index contributed by atoms with van der Waals surface area (Å²) in [4.78, 5) is 0. The topological polar surface area (TPSA) is 75.5 Å². The van der Waals surface area contributed by atoms with Crippen LogP contribution in [0.1, 0.15) is 71.1 Å². The maximum absolute atomic E-state index is 10.6. The molecule has 6 heteroatoms. The highest BCUT2D eigenvalue weighted by atomic mass is 32.1. The Hall–Kier alpha value is -3.12. The quantitative estimate of drug-likeness (QED) is 0.168. The molecule has 0 fully saturated rings. The van der Waals surface area contributed by atoms with Crippen LogP contribution in [0.3, 0.4) is 0 Å². The minimum atomic E-state index is 0.146. The van der Waals surface area contributed by atoms with Gasteiger partial charge in [-0.3, -0.25) is 0 Å². The van der Waals surface area contributed by atoms with Gasteiger partial charge in [0, 0.05) is 11.6 Å². The number of phenols is 2. The van der Waals surface area contributed by atoms with Crippen LogP contribution in [0.4, 0.5) is 0 Å². The monoisotopic (exact) mass is 504 g/mol. The van der Waals surface area contributed by atoms with Crippen molar-refractivity contribution < 1.29 is 14.9 Å². The lowest BCUT2D eigenvalue weighted by molar-refractivity contribution is 0.302. The second-order valence-electron chi connectivity index (χ2n) is 9.37. The molecule has 5 nitrogen and oxygen atoms in total. The number of benzene rings is 3. The van der Waals surface area contributed by atoms with Crippen LogP contribution in [0, 0.1) is 0 Å². The van der Waals surface area contributed by atoms with Gasteiger partial charge in [0.25, 0.3) is 0 Å². The fourth-order valence-electron chi connectivity index (χ4n) is 4.38. The first-order valence-corrected chi connectivity index (χ1v) is 14.0. The van der Waals surface area contributed by atoms with Gasteiger partial charge in [0.1, 0.15) is 22.3 Å². The molecule has 0 atom stereocenters. The molecule has 0 saturated heterocycles. The number of hydrogen-bond donors (Lipinski definition) is 2. The average Bonchev–Trinajstić information content (AvgIpc) is 3.37. The van der Waals surface area contributed by atoms with Crippen molar-refractivity contribution in [3.8, 4) is 38.4 Å². The normalized spacial score (nSPS) is 11.2. The van der Waals surface area contributed by atoms with Crippen molar-refractivity contribution in [1.82, 2.24) is 10.2 Å². The van der Waals surface area contributed by atoms with Crippen LogP contribution in [0.25, 0.3) is 31.9 Å². The van der Waals surface area contributed by atoms with Gasteiger partial charge in [-0.2, -0.15) is 0 Å². The fourth-order valence-corrected chi connectivity index (χ4v) is 5.25. The Morgan fingerprint density at radius 3 is 2.11 bits per heavy atom. The lowest BCUT2D eigenvalue weighted by atomic mass is 10.1. The molecule has 0 aliphatic rings. The van der Waals surface area contributed by atoms with Gasteiger partial charge in [-0.1, -0.05) is 94.2 Å². The Morgan fingerprint density at radius 2 is 1.36 bits per heavy atom. The molecule has 0 spiro atoms. The summed E-state index contributed by atoms with van der Waals surface area (Å²) in [5.41, 5.74) is 1.60. The number of rotatable bonds is 14. The van der Waals surface area contributed by atoms with E-state index >= 15 is 0 Å². The van der Waals surface area contributed by atoms with Gasteiger partial charge in [0.2, 0.25) is 0 Å². The van der Waals surface area contributed by atoms with Gasteiger partial charge in [-0.05, 0) is 47.5 Å². The molecular formula is C30H36N2O3S. The second kappa shape index (κ2) is 13.3. The first kappa shape index (κ1) is 26.0. The molecule has 0 aliphatic carbocycles. The van der Waals surface area contributed by atoms with Crippen molar-refractivity contribution in [3.05, 3.63) is 54.6 Å². The second-order valence-corrected chi connectivity index (χ2v) is 10.3. The standard InChI is InChI=1S/C30H36N2O3S/c1-2-3-4-5-6-7-8-9-10-11-18-35-26-16-17-27(28(34)21-26)30-32-31-29(36-30)24-13-12-23-20-25(33)15-14-22(23)19-24/h12-17,19-21,33-34H,2-11,18H2,1H3. The minimum absolute atomic E-state index is 0.146. The summed E-state index contributed by atoms with van der Waals surface area (Å²) in [6.45, 7) is 2.92. The van der Waals surface area contributed by atoms with Gasteiger partial charge in [-0.25, -0.2) is 0 Å². The molecule has 0 radical (unpaired) electrons. The van der Waals surface area contributed by atoms with Crippen LogP contribution in [0.5, 0.6) is 17.2 Å². The summed E-state index contributed by atoms with van der Waals surface area (Å²) in [6.07, 6.45) is 12.9. The summed E-state index contributed by atoms with van der Waals surface area (Å²) in [5.74, 6) is 1.07. The third-order valence-electron chi connectivity index (χ3n) is 6.46. The van der Waals surface area contributed by atoms with Crippen LogP contribution in [0.2, 0.25) is 0 Å². The SMILES string of the molecule is CCCCCCCCCCCCOc1ccc(-c2nnc(-c3ccc4cc(O)ccc4c3)s2)c(O)c1. The maximum Gasteiger partial charge on any atom is 0.151 e. The van der Waals surface area contributed by atoms with E-state index < -0.39 is 0 Å². The number of aromatic nitrogens is 2. The minimum Gasteiger partial charge on any atom is -0.508 e. The Bertz CT molecular complexity index is 1250. The number of unbranched alkanes of at least 4 members (excludes halogenated alkanes) is 9. The predicted molar refractivity (Wildman–Crippen MR) is 149 cm³/mol. The Kier molecular flexibility index (Phi) is 9.56. The van der Waals surface area contributed by atoms with E-state index in [0.717, 1.165) is 27.8 Å². The van der Waals surface area contributed by atoms with Gasteiger partial charge in [-0.15, -0.1) is 10.2 Å². The van der Waals surface area contributed by atoms with E-state index in [4.69, 9.17) is 4.74 Å². The molecule has 190 valence electrons. The lowest BCUT2D eigenvalue weighted by Crippen LogP contribution is -1.97. The van der Waals surface area contributed by atoms with Gasteiger partial charge >= 0.3 is 0 Å². The summed E-state index contributed by atoms with van der Waals surface area (Å²) >= 11 is 1.43. The molecular weight excluding hydrogens is 468 g/mol. The van der Waals surface area contributed by atoms with Gasteiger partial charge in [0.05, 0.1) is 12.2 Å². The van der Waals surface area contributed by atoms with Gasteiger partial charge in [0.15, 0.2) is 5.01 Å². The zero-order valence-corrected chi connectivity index (χ0v) is 21.9. The molecule has 0 amide bonds. The highest BCUT2D eigenvalue weighted by Gasteiger charge is 2.13. The fraction of sp³-hybridized carbons (Fsp3) is 0.400. The summed E-state index contributed by atoms with van der Waals surface area (Å²) < 4.78 is 5.86. The molecule has 0 bridgehead atoms. The molecule has 0 aliphatic heterocycles. The number of hydrogen-bond acceptors (Lipinski definition) is 6. The number of phenolic OH excluding ortho intramolecular Hbond substituents is 2. The van der Waals surface area contributed by atoms with E-state index in [1.807, 2.05) is 36.4 Å². The molecule has 1 heterocycles. The third kappa shape index (κ3) is 7.20. The molecule has 4 aromatic rings. The molecule has 0 saturated carbocycles. The molecule has 3 aromatic carbocycles. The van der Waals surface area contributed by atoms with Crippen molar-refractivity contribution in [1.29, 1.82) is 0 Å². The average molecular weight is 505 g/mol. The van der Waals surface area contributed by atoms with E-state index in [2.05, 4.69) is 17.1 Å². The van der Waals surface area contributed by atoms with Crippen LogP contribution in [-0.2, 0) is 0 Å². The summed E-state index contributed by atoms with van der Waals surface area (Å²) in [7, 11) is 0. The van der Waals surface area contributed by atoms with E-state index in [-0.39, 0.29) is 11.5 Å². The smallest absolute Gasteiger partial charge is 0.151 e. The van der Waals surface area contributed by atoms with Crippen LogP contribution in [-0.4, -0.2) is 27.0 Å². The van der Waals surface area contributed by atoms with Crippen LogP contribution in [0.15, 0.2) is 54.6 Å². The van der Waals surface area contributed by atoms with Crippen LogP contribution < -0.4 is 4.74 Å². The summed E-state index contributed by atoms with van der Waals surface area (Å²) in [5, 5.41) is 32.3. The van der Waals surface area contributed by atoms with Crippen molar-refractivity contribution in [2.24, 2.45) is 0 Å². The maximum atomic E-state index is 10.6. The molecule has 36 heavy (non-hydrogen) atoms. The Morgan fingerprint density at radius 1 is 0.694 bits per heavy atom. The van der Waals surface area contributed by atoms with Crippen molar-refractivity contribution in [2.45, 2.75) is 71.1 Å². The zero-order valence-electron chi connectivity index (χ0n) is 21.1. The van der Waals surface area contributed by atoms with Crippen molar-refractivity contribution in [2.75, 3.05) is 6.61 Å².